The molecular weight excluding hydrogens is 331 g/mol. The number of nitrogens with zero attached hydrogens (tertiary/aromatic N) is 2. The third kappa shape index (κ3) is 3.49. The summed E-state index contributed by atoms with van der Waals surface area (Å²) in [6.07, 6.45) is 2.43. The van der Waals surface area contributed by atoms with Crippen LogP contribution in [0.3, 0.4) is 0 Å². The first-order valence-corrected chi connectivity index (χ1v) is 9.31. The van der Waals surface area contributed by atoms with Gasteiger partial charge >= 0.3 is 0 Å². The van der Waals surface area contributed by atoms with Crippen LogP contribution in [0.5, 0.6) is 0 Å². The summed E-state index contributed by atoms with van der Waals surface area (Å²) in [4.78, 5) is 26.7. The van der Waals surface area contributed by atoms with Crippen LogP contribution in [0.4, 0.5) is 4.39 Å². The van der Waals surface area contributed by atoms with Crippen LogP contribution in [-0.4, -0.2) is 34.9 Å². The van der Waals surface area contributed by atoms with Crippen LogP contribution in [0, 0.1) is 11.7 Å². The minimum atomic E-state index is -0.319. The molecule has 0 saturated carbocycles. The molecule has 2 unspecified atom stereocenters. The van der Waals surface area contributed by atoms with Crippen molar-refractivity contribution in [3.05, 3.63) is 69.9 Å². The van der Waals surface area contributed by atoms with Gasteiger partial charge in [0.25, 0.3) is 5.56 Å². The lowest BCUT2D eigenvalue weighted by Gasteiger charge is -2.42. The van der Waals surface area contributed by atoms with Crippen LogP contribution in [0.15, 0.2) is 47.3 Å². The van der Waals surface area contributed by atoms with Gasteiger partial charge in [0.1, 0.15) is 5.82 Å². The smallest absolute Gasteiger partial charge is 0.250 e. The summed E-state index contributed by atoms with van der Waals surface area (Å²) in [5, 5.41) is 0. The standard InChI is InChI=1S/C21H23FN2O2/c22-18-8-6-16(7-9-18)20(25)4-2-10-23-12-15-11-17(14-23)19-3-1-5-21(26)24(19)13-15/h1,3,5-9,15,17H,2,4,10-14H2. The van der Waals surface area contributed by atoms with Crippen LogP contribution in [-0.2, 0) is 6.54 Å². The zero-order valence-electron chi connectivity index (χ0n) is 14.7. The van der Waals surface area contributed by atoms with Crippen molar-refractivity contribution >= 4 is 5.78 Å². The van der Waals surface area contributed by atoms with Gasteiger partial charge in [-0.1, -0.05) is 6.07 Å². The van der Waals surface area contributed by atoms with E-state index in [1.807, 2.05) is 10.6 Å². The number of hydrogen-bond donors (Lipinski definition) is 0. The van der Waals surface area contributed by atoms with E-state index in [-0.39, 0.29) is 17.2 Å². The van der Waals surface area contributed by atoms with Gasteiger partial charge in [0.2, 0.25) is 0 Å². The Kier molecular flexibility index (Phi) is 4.72. The highest BCUT2D eigenvalue weighted by Gasteiger charge is 2.34. The molecule has 4 rings (SSSR count). The van der Waals surface area contributed by atoms with Crippen molar-refractivity contribution in [3.8, 4) is 0 Å². The quantitative estimate of drug-likeness (QED) is 0.775. The van der Waals surface area contributed by atoms with Gasteiger partial charge in [0.05, 0.1) is 0 Å². The molecular formula is C21H23FN2O2. The number of ketones is 1. The molecule has 2 atom stereocenters. The molecule has 0 aliphatic carbocycles. The van der Waals surface area contributed by atoms with Gasteiger partial charge in [0.15, 0.2) is 5.78 Å². The van der Waals surface area contributed by atoms with Crippen molar-refractivity contribution in [1.82, 2.24) is 9.47 Å². The molecule has 0 radical (unpaired) electrons. The molecule has 0 amide bonds. The molecule has 0 N–H and O–H groups in total. The topological polar surface area (TPSA) is 42.3 Å². The van der Waals surface area contributed by atoms with Crippen molar-refractivity contribution in [2.75, 3.05) is 19.6 Å². The van der Waals surface area contributed by atoms with Gasteiger partial charge in [-0.3, -0.25) is 9.59 Å². The number of piperidine rings is 1. The van der Waals surface area contributed by atoms with Crippen molar-refractivity contribution < 1.29 is 9.18 Å². The number of Topliss-reactive ketones (excluding diaryl/α,β-unsaturated/α-hetero) is 1. The third-order valence-electron chi connectivity index (χ3n) is 5.60. The van der Waals surface area contributed by atoms with E-state index in [2.05, 4.69) is 11.0 Å². The molecule has 3 heterocycles. The predicted octanol–water partition coefficient (Wildman–Crippen LogP) is 3.07. The van der Waals surface area contributed by atoms with E-state index < -0.39 is 0 Å². The fourth-order valence-corrected chi connectivity index (χ4v) is 4.42. The average molecular weight is 354 g/mol. The monoisotopic (exact) mass is 354 g/mol. The highest BCUT2D eigenvalue weighted by Crippen LogP contribution is 2.34. The Balaban J connectivity index is 1.34. The molecule has 2 bridgehead atoms. The normalized spacial score (nSPS) is 22.0. The highest BCUT2D eigenvalue weighted by molar-refractivity contribution is 5.95. The lowest BCUT2D eigenvalue weighted by Crippen LogP contribution is -2.47. The van der Waals surface area contributed by atoms with Gasteiger partial charge in [-0.25, -0.2) is 4.39 Å². The lowest BCUT2D eigenvalue weighted by atomic mass is 9.83. The minimum Gasteiger partial charge on any atom is -0.312 e. The lowest BCUT2D eigenvalue weighted by molar-refractivity contribution is 0.0951. The second-order valence-electron chi connectivity index (χ2n) is 7.49. The molecule has 1 fully saturated rings. The molecule has 2 aliphatic rings. The maximum absolute atomic E-state index is 12.9. The van der Waals surface area contributed by atoms with Gasteiger partial charge < -0.3 is 9.47 Å². The molecule has 136 valence electrons. The van der Waals surface area contributed by atoms with Crippen molar-refractivity contribution in [3.63, 3.8) is 0 Å². The van der Waals surface area contributed by atoms with Gasteiger partial charge in [-0.15, -0.1) is 0 Å². The van der Waals surface area contributed by atoms with Crippen LogP contribution in [0.2, 0.25) is 0 Å². The SMILES string of the molecule is O=C(CCCN1CC2CC(C1)c1cccc(=O)n1C2)c1ccc(F)cc1. The molecule has 5 heteroatoms. The zero-order valence-corrected chi connectivity index (χ0v) is 14.7. The summed E-state index contributed by atoms with van der Waals surface area (Å²) in [5.41, 5.74) is 1.84. The first kappa shape index (κ1) is 17.2. The maximum atomic E-state index is 12.9. The summed E-state index contributed by atoms with van der Waals surface area (Å²) in [6.45, 7) is 3.63. The van der Waals surface area contributed by atoms with Crippen LogP contribution >= 0.6 is 0 Å². The van der Waals surface area contributed by atoms with Crippen LogP contribution in [0.1, 0.15) is 41.2 Å². The first-order chi connectivity index (χ1) is 12.6. The fraction of sp³-hybridized carbons (Fsp3) is 0.429. The van der Waals surface area contributed by atoms with Gasteiger partial charge in [0, 0.05) is 49.3 Å². The molecule has 1 aromatic heterocycles. The number of hydrogen-bond acceptors (Lipinski definition) is 3. The number of likely N-dealkylation sites (tertiary alicyclic amines) is 1. The van der Waals surface area contributed by atoms with E-state index in [0.717, 1.165) is 44.7 Å². The third-order valence-corrected chi connectivity index (χ3v) is 5.60. The first-order valence-electron chi connectivity index (χ1n) is 9.31. The Bertz CT molecular complexity index is 859. The van der Waals surface area contributed by atoms with E-state index >= 15 is 0 Å². The van der Waals surface area contributed by atoms with E-state index in [9.17, 15) is 14.0 Å². The predicted molar refractivity (Wildman–Crippen MR) is 98.0 cm³/mol. The molecule has 1 saturated heterocycles. The molecule has 1 aromatic carbocycles. The molecule has 2 aliphatic heterocycles. The Labute approximate surface area is 152 Å². The average Bonchev–Trinajstić information content (AvgIpc) is 2.63. The number of carbonyl (C=O) groups excluding carboxylic acids is 1. The number of benzene rings is 1. The number of rotatable bonds is 5. The Morgan fingerprint density at radius 3 is 2.69 bits per heavy atom. The number of pyridine rings is 1. The van der Waals surface area contributed by atoms with E-state index in [1.165, 1.54) is 12.1 Å². The van der Waals surface area contributed by atoms with Crippen molar-refractivity contribution in [2.24, 2.45) is 5.92 Å². The Hall–Kier alpha value is -2.27. The maximum Gasteiger partial charge on any atom is 0.250 e. The van der Waals surface area contributed by atoms with E-state index in [1.54, 1.807) is 18.2 Å². The second-order valence-corrected chi connectivity index (χ2v) is 7.49. The van der Waals surface area contributed by atoms with E-state index in [4.69, 9.17) is 0 Å². The number of carbonyl (C=O) groups is 1. The van der Waals surface area contributed by atoms with Crippen LogP contribution < -0.4 is 5.56 Å². The fourth-order valence-electron chi connectivity index (χ4n) is 4.42. The van der Waals surface area contributed by atoms with E-state index in [0.29, 0.717) is 23.8 Å². The van der Waals surface area contributed by atoms with Crippen molar-refractivity contribution in [1.29, 1.82) is 0 Å². The molecule has 4 nitrogen and oxygen atoms in total. The number of halogens is 1. The molecule has 0 spiro atoms. The minimum absolute atomic E-state index is 0.0686. The zero-order chi connectivity index (χ0) is 18.1. The second kappa shape index (κ2) is 7.16. The Morgan fingerprint density at radius 2 is 1.88 bits per heavy atom. The summed E-state index contributed by atoms with van der Waals surface area (Å²) in [7, 11) is 0. The summed E-state index contributed by atoms with van der Waals surface area (Å²) < 4.78 is 14.9. The Morgan fingerprint density at radius 1 is 1.08 bits per heavy atom. The van der Waals surface area contributed by atoms with Crippen LogP contribution in [0.25, 0.3) is 0 Å². The molecule has 2 aromatic rings. The summed E-state index contributed by atoms with van der Waals surface area (Å²) in [6, 6.07) is 11.3. The van der Waals surface area contributed by atoms with Crippen molar-refractivity contribution in [2.45, 2.75) is 31.7 Å². The largest absolute Gasteiger partial charge is 0.312 e. The summed E-state index contributed by atoms with van der Waals surface area (Å²) >= 11 is 0. The highest BCUT2D eigenvalue weighted by atomic mass is 19.1. The number of aromatic nitrogens is 1. The van der Waals surface area contributed by atoms with Gasteiger partial charge in [-0.2, -0.15) is 0 Å². The number of fused-ring (bicyclic) bond motifs is 4. The van der Waals surface area contributed by atoms with Gasteiger partial charge in [-0.05, 0) is 55.6 Å². The molecule has 26 heavy (non-hydrogen) atoms. The summed E-state index contributed by atoms with van der Waals surface area (Å²) in [5.74, 6) is 0.665.